The van der Waals surface area contributed by atoms with Crippen LogP contribution in [0.3, 0.4) is 0 Å². The van der Waals surface area contributed by atoms with Crippen molar-refractivity contribution in [2.24, 2.45) is 0 Å². The molecule has 2 aromatic carbocycles. The molecule has 44 heavy (non-hydrogen) atoms. The van der Waals surface area contributed by atoms with Crippen LogP contribution in [-0.4, -0.2) is 37.5 Å². The highest BCUT2D eigenvalue weighted by Crippen LogP contribution is 2.50. The lowest BCUT2D eigenvalue weighted by atomic mass is 9.95. The second kappa shape index (κ2) is 11.7. The van der Waals surface area contributed by atoms with E-state index in [1.807, 2.05) is 0 Å². The second-order valence-electron chi connectivity index (χ2n) is 9.37. The zero-order valence-electron chi connectivity index (χ0n) is 22.3. The van der Waals surface area contributed by atoms with E-state index < -0.39 is 56.2 Å². The summed E-state index contributed by atoms with van der Waals surface area (Å²) in [5.74, 6) is -1.95. The molecule has 0 spiro atoms. The van der Waals surface area contributed by atoms with Crippen molar-refractivity contribution in [3.63, 3.8) is 0 Å². The van der Waals surface area contributed by atoms with E-state index in [1.54, 1.807) is 6.07 Å². The Labute approximate surface area is 245 Å². The van der Waals surface area contributed by atoms with E-state index in [9.17, 15) is 49.6 Å². The molecule has 0 atom stereocenters. The van der Waals surface area contributed by atoms with Crippen molar-refractivity contribution in [3.05, 3.63) is 71.4 Å². The van der Waals surface area contributed by atoms with Gasteiger partial charge in [-0.2, -0.15) is 40.0 Å². The number of carbonyl (C=O) groups excluding carboxylic acids is 2. The van der Waals surface area contributed by atoms with Crippen LogP contribution in [0.2, 0.25) is 0 Å². The van der Waals surface area contributed by atoms with Crippen molar-refractivity contribution in [3.8, 4) is 23.1 Å². The number of halogens is 6. The molecule has 0 radical (unpaired) electrons. The van der Waals surface area contributed by atoms with Crippen LogP contribution in [0.25, 0.3) is 11.1 Å². The number of hydrogen-bond acceptors (Lipinski definition) is 8. The Morgan fingerprint density at radius 2 is 1.64 bits per heavy atom. The van der Waals surface area contributed by atoms with Crippen LogP contribution < -0.4 is 14.8 Å². The fourth-order valence-electron chi connectivity index (χ4n) is 4.07. The number of anilines is 2. The van der Waals surface area contributed by atoms with Crippen molar-refractivity contribution in [2.75, 3.05) is 17.2 Å². The SMILES string of the molecule is CCOC(=O)C1(c2cc(-c3ccc(NC(=O)Nc4cccc(C(F)(F)F)c4)cc3)c(C#N)c(OS(=O)(=O)C(F)(F)F)n2)CC1. The van der Waals surface area contributed by atoms with E-state index in [0.717, 1.165) is 18.2 Å². The third-order valence-corrected chi connectivity index (χ3v) is 7.32. The number of urea groups is 1. The van der Waals surface area contributed by atoms with Crippen LogP contribution in [0.1, 0.15) is 36.6 Å². The molecule has 0 aliphatic heterocycles. The summed E-state index contributed by atoms with van der Waals surface area (Å²) in [6, 6.07) is 11.0. The summed E-state index contributed by atoms with van der Waals surface area (Å²) in [5, 5.41) is 14.4. The maximum atomic E-state index is 13.1. The number of rotatable bonds is 8. The van der Waals surface area contributed by atoms with Crippen LogP contribution in [0.15, 0.2) is 54.6 Å². The molecule has 232 valence electrons. The summed E-state index contributed by atoms with van der Waals surface area (Å²) in [5.41, 5.74) is -9.14. The molecule has 0 unspecified atom stereocenters. The van der Waals surface area contributed by atoms with Gasteiger partial charge in [-0.3, -0.25) is 4.79 Å². The van der Waals surface area contributed by atoms with E-state index in [-0.39, 0.29) is 47.6 Å². The summed E-state index contributed by atoms with van der Waals surface area (Å²) < 4.78 is 111. The first-order valence-corrected chi connectivity index (χ1v) is 13.9. The topological polar surface area (TPSA) is 147 Å². The molecule has 1 aromatic heterocycles. The number of benzene rings is 2. The largest absolute Gasteiger partial charge is 0.534 e. The molecule has 0 saturated heterocycles. The van der Waals surface area contributed by atoms with Crippen LogP contribution >= 0.6 is 0 Å². The van der Waals surface area contributed by atoms with Gasteiger partial charge in [-0.05, 0) is 61.7 Å². The minimum atomic E-state index is -6.26. The highest BCUT2D eigenvalue weighted by molar-refractivity contribution is 7.88. The Hall–Kier alpha value is -4.85. The number of hydrogen-bond donors (Lipinski definition) is 2. The molecule has 4 rings (SSSR count). The Bertz CT molecular complexity index is 1750. The molecular weight excluding hydrogens is 622 g/mol. The molecule has 1 fully saturated rings. The van der Waals surface area contributed by atoms with Gasteiger partial charge in [0.1, 0.15) is 17.0 Å². The number of alkyl halides is 6. The van der Waals surface area contributed by atoms with E-state index in [1.165, 1.54) is 43.3 Å². The van der Waals surface area contributed by atoms with Gasteiger partial charge < -0.3 is 19.6 Å². The first-order valence-electron chi connectivity index (χ1n) is 12.5. The number of esters is 1. The van der Waals surface area contributed by atoms with Gasteiger partial charge in [0.05, 0.1) is 17.9 Å². The van der Waals surface area contributed by atoms with Gasteiger partial charge >= 0.3 is 33.8 Å². The Morgan fingerprint density at radius 1 is 1.00 bits per heavy atom. The van der Waals surface area contributed by atoms with E-state index in [4.69, 9.17) is 4.74 Å². The van der Waals surface area contributed by atoms with Gasteiger partial charge in [-0.25, -0.2) is 9.78 Å². The molecule has 1 aliphatic rings. The fourth-order valence-corrected chi connectivity index (χ4v) is 4.50. The third kappa shape index (κ3) is 6.70. The van der Waals surface area contributed by atoms with Crippen molar-refractivity contribution in [1.82, 2.24) is 4.98 Å². The lowest BCUT2D eigenvalue weighted by molar-refractivity contribution is -0.146. The third-order valence-electron chi connectivity index (χ3n) is 6.38. The molecule has 2 N–H and O–H groups in total. The quantitative estimate of drug-likeness (QED) is 0.130. The van der Waals surface area contributed by atoms with Crippen molar-refractivity contribution in [1.29, 1.82) is 5.26 Å². The zero-order valence-corrected chi connectivity index (χ0v) is 23.2. The summed E-state index contributed by atoms with van der Waals surface area (Å²) in [7, 11) is -6.26. The monoisotopic (exact) mass is 642 g/mol. The molecule has 1 saturated carbocycles. The second-order valence-corrected chi connectivity index (χ2v) is 10.9. The lowest BCUT2D eigenvalue weighted by Crippen LogP contribution is -2.29. The molecule has 0 bridgehead atoms. The maximum Gasteiger partial charge on any atom is 0.534 e. The summed E-state index contributed by atoms with van der Waals surface area (Å²) in [6.07, 6.45) is -4.27. The molecule has 3 aromatic rings. The molecular formula is C27H20F6N4O6S. The minimum Gasteiger partial charge on any atom is -0.465 e. The number of carbonyl (C=O) groups is 2. The lowest BCUT2D eigenvalue weighted by Gasteiger charge is -2.18. The van der Waals surface area contributed by atoms with Crippen LogP contribution in [0.5, 0.6) is 5.88 Å². The van der Waals surface area contributed by atoms with Gasteiger partial charge in [0.2, 0.25) is 0 Å². The Kier molecular flexibility index (Phi) is 8.51. The number of aromatic nitrogens is 1. The zero-order chi connectivity index (χ0) is 32.5. The van der Waals surface area contributed by atoms with Crippen LogP contribution in [0, 0.1) is 11.3 Å². The first-order chi connectivity index (χ1) is 20.5. The summed E-state index contributed by atoms with van der Waals surface area (Å²) in [4.78, 5) is 28.9. The predicted octanol–water partition coefficient (Wildman–Crippen LogP) is 6.11. The number of pyridine rings is 1. The number of nitrogens with one attached hydrogen (secondary N) is 2. The van der Waals surface area contributed by atoms with Crippen LogP contribution in [-0.2, 0) is 31.2 Å². The number of amides is 2. The summed E-state index contributed by atoms with van der Waals surface area (Å²) in [6.45, 7) is 1.51. The smallest absolute Gasteiger partial charge is 0.465 e. The standard InChI is InChI=1S/C27H20F6N4O6S/c1-2-42-23(38)25(10-11-25)21-13-19(20(14-34)22(37-21)43-44(40,41)27(31,32)33)15-6-8-17(9-7-15)35-24(39)36-18-5-3-4-16(12-18)26(28,29)30/h3-9,12-13H,2,10-11H2,1H3,(H2,35,36,39). The van der Waals surface area contributed by atoms with Gasteiger partial charge in [0.25, 0.3) is 5.88 Å². The first kappa shape index (κ1) is 32.1. The maximum absolute atomic E-state index is 13.1. The fraction of sp³-hybridized carbons (Fsp3) is 0.259. The molecule has 1 heterocycles. The summed E-state index contributed by atoms with van der Waals surface area (Å²) >= 11 is 0. The van der Waals surface area contributed by atoms with E-state index in [0.29, 0.717) is 0 Å². The van der Waals surface area contributed by atoms with E-state index in [2.05, 4.69) is 19.8 Å². The molecule has 1 aliphatic carbocycles. The molecule has 17 heteroatoms. The van der Waals surface area contributed by atoms with Crippen LogP contribution in [0.4, 0.5) is 42.5 Å². The predicted molar refractivity (Wildman–Crippen MR) is 142 cm³/mol. The van der Waals surface area contributed by atoms with Gasteiger partial charge in [-0.15, -0.1) is 0 Å². The number of ether oxygens (including phenoxy) is 1. The highest BCUT2D eigenvalue weighted by atomic mass is 32.2. The highest BCUT2D eigenvalue weighted by Gasteiger charge is 2.55. The Balaban J connectivity index is 1.68. The average molecular weight is 643 g/mol. The van der Waals surface area contributed by atoms with Gasteiger partial charge in [-0.1, -0.05) is 18.2 Å². The molecule has 2 amide bonds. The van der Waals surface area contributed by atoms with Crippen molar-refractivity contribution < 1.29 is 53.3 Å². The Morgan fingerprint density at radius 3 is 2.18 bits per heavy atom. The van der Waals surface area contributed by atoms with E-state index >= 15 is 0 Å². The van der Waals surface area contributed by atoms with Gasteiger partial charge in [0.15, 0.2) is 0 Å². The normalized spacial score (nSPS) is 14.2. The minimum absolute atomic E-state index is 0.0225. The molecule has 10 nitrogen and oxygen atoms in total. The number of nitrogens with zero attached hydrogens (tertiary/aromatic N) is 2. The van der Waals surface area contributed by atoms with Crippen molar-refractivity contribution in [2.45, 2.75) is 36.9 Å². The van der Waals surface area contributed by atoms with Gasteiger partial charge in [0, 0.05) is 16.9 Å². The average Bonchev–Trinajstić information content (AvgIpc) is 3.74. The van der Waals surface area contributed by atoms with Crippen molar-refractivity contribution >= 4 is 33.5 Å². The number of nitriles is 1.